The number of fused-ring (bicyclic) bond motifs is 1. The molecule has 2 aliphatic rings. The van der Waals surface area contributed by atoms with Gasteiger partial charge in [-0.25, -0.2) is 19.4 Å². The van der Waals surface area contributed by atoms with E-state index < -0.39 is 11.6 Å². The number of amides is 3. The smallest absolute Gasteiger partial charge is 0.410 e. The number of urea groups is 1. The molecule has 3 heterocycles. The van der Waals surface area contributed by atoms with Crippen molar-refractivity contribution in [2.75, 3.05) is 38.2 Å². The summed E-state index contributed by atoms with van der Waals surface area (Å²) in [5.41, 5.74) is -0.190. The van der Waals surface area contributed by atoms with E-state index in [0.717, 1.165) is 0 Å². The number of benzene rings is 1. The van der Waals surface area contributed by atoms with E-state index in [0.29, 0.717) is 49.1 Å². The molecule has 0 N–H and O–H groups in total. The molecule has 2 aromatic rings. The molecule has 180 valence electrons. The second-order valence-electron chi connectivity index (χ2n) is 9.14. The van der Waals surface area contributed by atoms with E-state index >= 15 is 0 Å². The molecule has 3 amide bonds. The van der Waals surface area contributed by atoms with E-state index in [1.165, 1.54) is 13.3 Å². The molecule has 0 radical (unpaired) electrons. The number of methoxy groups -OCH3 is 1. The number of hydrogen-bond acceptors (Lipinski definition) is 7. The highest BCUT2D eigenvalue weighted by atomic mass is 16.6. The van der Waals surface area contributed by atoms with Crippen molar-refractivity contribution in [3.8, 4) is 11.5 Å². The first kappa shape index (κ1) is 23.3. The van der Waals surface area contributed by atoms with Crippen LogP contribution in [0.4, 0.5) is 15.4 Å². The Bertz CT molecular complexity index is 1080. The van der Waals surface area contributed by atoms with Crippen LogP contribution >= 0.6 is 0 Å². The second kappa shape index (κ2) is 9.20. The lowest BCUT2D eigenvalue weighted by Crippen LogP contribution is -2.54. The van der Waals surface area contributed by atoms with Crippen molar-refractivity contribution in [2.45, 2.75) is 32.4 Å². The Balaban J connectivity index is 1.40. The zero-order valence-corrected chi connectivity index (χ0v) is 19.7. The largest absolute Gasteiger partial charge is 0.465 e. The van der Waals surface area contributed by atoms with Crippen molar-refractivity contribution in [3.63, 3.8) is 0 Å². The van der Waals surface area contributed by atoms with Gasteiger partial charge in [-0.3, -0.25) is 4.90 Å². The van der Waals surface area contributed by atoms with Gasteiger partial charge in [0, 0.05) is 19.6 Å². The lowest BCUT2D eigenvalue weighted by atomic mass is 10.2. The van der Waals surface area contributed by atoms with Crippen molar-refractivity contribution < 1.29 is 28.6 Å². The van der Waals surface area contributed by atoms with Gasteiger partial charge in [0.1, 0.15) is 22.9 Å². The summed E-state index contributed by atoms with van der Waals surface area (Å²) in [5, 5.41) is 0. The molecule has 1 atom stereocenters. The van der Waals surface area contributed by atoms with Crippen LogP contribution in [0.5, 0.6) is 11.5 Å². The predicted octanol–water partition coefficient (Wildman–Crippen LogP) is 3.52. The molecule has 34 heavy (non-hydrogen) atoms. The number of esters is 1. The highest BCUT2D eigenvalue weighted by Crippen LogP contribution is 2.28. The van der Waals surface area contributed by atoms with E-state index in [1.807, 2.05) is 20.8 Å². The third-order valence-corrected chi connectivity index (χ3v) is 5.49. The summed E-state index contributed by atoms with van der Waals surface area (Å²) >= 11 is 0. The standard InChI is InChI=1S/C24H28N4O6/c1-24(2,3)34-23(31)26-10-11-27-17(14-26)15-28(22(27)30)20-9-8-19(13-25-20)33-18-7-5-6-16(12-18)21(29)32-4/h5-9,12-13,17H,10-11,14-15H2,1-4H3. The topological polar surface area (TPSA) is 102 Å². The van der Waals surface area contributed by atoms with E-state index in [1.54, 1.807) is 51.1 Å². The monoisotopic (exact) mass is 468 g/mol. The second-order valence-corrected chi connectivity index (χ2v) is 9.14. The van der Waals surface area contributed by atoms with Crippen molar-refractivity contribution in [2.24, 2.45) is 0 Å². The molecule has 4 rings (SSSR count). The molecule has 1 unspecified atom stereocenters. The van der Waals surface area contributed by atoms with E-state index in [4.69, 9.17) is 14.2 Å². The minimum atomic E-state index is -0.569. The molecule has 0 bridgehead atoms. The van der Waals surface area contributed by atoms with Crippen LogP contribution in [0.2, 0.25) is 0 Å². The van der Waals surface area contributed by atoms with Crippen LogP contribution in [-0.4, -0.2) is 77.8 Å². The lowest BCUT2D eigenvalue weighted by molar-refractivity contribution is 0.0128. The number of anilines is 1. The van der Waals surface area contributed by atoms with Gasteiger partial charge in [0.15, 0.2) is 0 Å². The average Bonchev–Trinajstić information content (AvgIpc) is 3.14. The minimum Gasteiger partial charge on any atom is -0.465 e. The quantitative estimate of drug-likeness (QED) is 0.633. The Morgan fingerprint density at radius 2 is 1.85 bits per heavy atom. The molecule has 2 aliphatic heterocycles. The fourth-order valence-electron chi connectivity index (χ4n) is 3.92. The molecule has 10 nitrogen and oxygen atoms in total. The average molecular weight is 469 g/mol. The molecule has 2 saturated heterocycles. The van der Waals surface area contributed by atoms with Crippen molar-refractivity contribution >= 4 is 23.9 Å². The number of carbonyl (C=O) groups is 3. The number of hydrogen-bond donors (Lipinski definition) is 0. The SMILES string of the molecule is COC(=O)c1cccc(Oc2ccc(N3CC4CN(C(=O)OC(C)(C)C)CCN4C3=O)nc2)c1. The summed E-state index contributed by atoms with van der Waals surface area (Å²) in [7, 11) is 1.32. The number of piperazine rings is 1. The number of pyridine rings is 1. The summed E-state index contributed by atoms with van der Waals surface area (Å²) in [6.07, 6.45) is 1.16. The zero-order valence-electron chi connectivity index (χ0n) is 19.7. The number of nitrogens with zero attached hydrogens (tertiary/aromatic N) is 4. The van der Waals surface area contributed by atoms with E-state index in [2.05, 4.69) is 4.98 Å². The molecule has 1 aromatic heterocycles. The van der Waals surface area contributed by atoms with E-state index in [9.17, 15) is 14.4 Å². The van der Waals surface area contributed by atoms with Crippen LogP contribution < -0.4 is 9.64 Å². The zero-order chi connectivity index (χ0) is 24.5. The number of ether oxygens (including phenoxy) is 3. The lowest BCUT2D eigenvalue weighted by Gasteiger charge is -2.36. The molecule has 1 aromatic carbocycles. The Labute approximate surface area is 198 Å². The summed E-state index contributed by atoms with van der Waals surface area (Å²) < 4.78 is 16.0. The van der Waals surface area contributed by atoms with Gasteiger partial charge in [0.05, 0.1) is 31.5 Å². The van der Waals surface area contributed by atoms with Gasteiger partial charge in [-0.05, 0) is 51.1 Å². The van der Waals surface area contributed by atoms with Gasteiger partial charge in [0.2, 0.25) is 0 Å². The summed E-state index contributed by atoms with van der Waals surface area (Å²) in [6.45, 7) is 7.19. The number of rotatable bonds is 4. The Hall–Kier alpha value is -3.82. The highest BCUT2D eigenvalue weighted by Gasteiger charge is 2.43. The third kappa shape index (κ3) is 5.05. The van der Waals surface area contributed by atoms with Gasteiger partial charge in [-0.2, -0.15) is 0 Å². The van der Waals surface area contributed by atoms with Crippen LogP contribution in [0, 0.1) is 0 Å². The van der Waals surface area contributed by atoms with Crippen molar-refractivity contribution in [1.82, 2.24) is 14.8 Å². The van der Waals surface area contributed by atoms with Gasteiger partial charge >= 0.3 is 18.1 Å². The maximum absolute atomic E-state index is 13.0. The first-order valence-corrected chi connectivity index (χ1v) is 11.0. The predicted molar refractivity (Wildman–Crippen MR) is 123 cm³/mol. The molecule has 0 saturated carbocycles. The summed E-state index contributed by atoms with van der Waals surface area (Å²) in [5.74, 6) is 0.979. The molecule has 0 spiro atoms. The van der Waals surface area contributed by atoms with Crippen LogP contribution in [0.15, 0.2) is 42.6 Å². The third-order valence-electron chi connectivity index (χ3n) is 5.49. The summed E-state index contributed by atoms with van der Waals surface area (Å²) in [6, 6.07) is 9.79. The number of carbonyl (C=O) groups excluding carboxylic acids is 3. The first-order valence-electron chi connectivity index (χ1n) is 11.0. The van der Waals surface area contributed by atoms with Crippen LogP contribution in [0.25, 0.3) is 0 Å². The van der Waals surface area contributed by atoms with Crippen LogP contribution in [0.1, 0.15) is 31.1 Å². The summed E-state index contributed by atoms with van der Waals surface area (Å²) in [4.78, 5) is 46.5. The molecule has 10 heteroatoms. The molecular weight excluding hydrogens is 440 g/mol. The molecule has 2 fully saturated rings. The Morgan fingerprint density at radius 3 is 2.53 bits per heavy atom. The Kier molecular flexibility index (Phi) is 6.32. The highest BCUT2D eigenvalue weighted by molar-refractivity contribution is 5.94. The minimum absolute atomic E-state index is 0.132. The maximum atomic E-state index is 13.0. The maximum Gasteiger partial charge on any atom is 0.410 e. The molecular formula is C24H28N4O6. The fraction of sp³-hybridized carbons (Fsp3) is 0.417. The van der Waals surface area contributed by atoms with Gasteiger partial charge in [0.25, 0.3) is 0 Å². The fourth-order valence-corrected chi connectivity index (χ4v) is 3.92. The van der Waals surface area contributed by atoms with Crippen LogP contribution in [0.3, 0.4) is 0 Å². The number of aromatic nitrogens is 1. The van der Waals surface area contributed by atoms with Crippen LogP contribution in [-0.2, 0) is 9.47 Å². The normalized spacial score (nSPS) is 17.9. The van der Waals surface area contributed by atoms with E-state index in [-0.39, 0.29) is 18.2 Å². The molecule has 0 aliphatic carbocycles. The van der Waals surface area contributed by atoms with Crippen molar-refractivity contribution in [3.05, 3.63) is 48.2 Å². The van der Waals surface area contributed by atoms with Gasteiger partial charge < -0.3 is 24.0 Å². The van der Waals surface area contributed by atoms with Gasteiger partial charge in [-0.1, -0.05) is 6.07 Å². The van der Waals surface area contributed by atoms with Gasteiger partial charge in [-0.15, -0.1) is 0 Å². The van der Waals surface area contributed by atoms with Crippen molar-refractivity contribution in [1.29, 1.82) is 0 Å². The first-order chi connectivity index (χ1) is 16.1. The Morgan fingerprint density at radius 1 is 1.06 bits per heavy atom.